The number of piperazine rings is 1. The fourth-order valence-electron chi connectivity index (χ4n) is 3.17. The van der Waals surface area contributed by atoms with Crippen LogP contribution in [0.25, 0.3) is 11.2 Å². The van der Waals surface area contributed by atoms with Crippen LogP contribution in [0.5, 0.6) is 0 Å². The Morgan fingerprint density at radius 2 is 2.10 bits per heavy atom. The van der Waals surface area contributed by atoms with E-state index in [1.54, 1.807) is 0 Å². The summed E-state index contributed by atoms with van der Waals surface area (Å²) < 4.78 is 2.39. The highest BCUT2D eigenvalue weighted by atomic mass is 15.3. The molecule has 5 nitrogen and oxygen atoms in total. The van der Waals surface area contributed by atoms with E-state index in [2.05, 4.69) is 32.8 Å². The molecule has 1 saturated heterocycles. The number of aromatic nitrogens is 3. The predicted molar refractivity (Wildman–Crippen MR) is 78.7 cm³/mol. The quantitative estimate of drug-likeness (QED) is 0.923. The van der Waals surface area contributed by atoms with Crippen molar-refractivity contribution in [2.75, 3.05) is 26.2 Å². The molecule has 106 valence electrons. The van der Waals surface area contributed by atoms with Crippen molar-refractivity contribution in [3.05, 3.63) is 24.2 Å². The molecule has 1 saturated carbocycles. The third-order valence-electron chi connectivity index (χ3n) is 4.46. The fourth-order valence-corrected chi connectivity index (χ4v) is 3.17. The molecule has 0 amide bonds. The van der Waals surface area contributed by atoms with Gasteiger partial charge in [-0.05, 0) is 31.9 Å². The van der Waals surface area contributed by atoms with Gasteiger partial charge in [-0.25, -0.2) is 9.97 Å². The second-order valence-corrected chi connectivity index (χ2v) is 5.88. The van der Waals surface area contributed by atoms with Crippen LogP contribution in [-0.2, 0) is 0 Å². The van der Waals surface area contributed by atoms with Crippen molar-refractivity contribution in [2.24, 2.45) is 0 Å². The van der Waals surface area contributed by atoms with Crippen molar-refractivity contribution in [1.29, 1.82) is 0 Å². The summed E-state index contributed by atoms with van der Waals surface area (Å²) in [5.74, 6) is 1.20. The third kappa shape index (κ3) is 2.01. The van der Waals surface area contributed by atoms with Crippen LogP contribution < -0.4 is 5.32 Å². The molecule has 1 N–H and O–H groups in total. The van der Waals surface area contributed by atoms with Gasteiger partial charge in [0, 0.05) is 38.4 Å². The Kier molecular flexibility index (Phi) is 2.97. The lowest BCUT2D eigenvalue weighted by atomic mass is 10.2. The lowest BCUT2D eigenvalue weighted by molar-refractivity contribution is 0.176. The minimum atomic E-state index is 0.367. The van der Waals surface area contributed by atoms with E-state index in [-0.39, 0.29) is 0 Å². The maximum absolute atomic E-state index is 4.89. The minimum absolute atomic E-state index is 0.367. The molecule has 3 heterocycles. The first-order valence-corrected chi connectivity index (χ1v) is 7.62. The highest BCUT2D eigenvalue weighted by molar-refractivity contribution is 5.71. The fraction of sp³-hybridized carbons (Fsp3) is 0.600. The molecule has 0 aromatic carbocycles. The summed E-state index contributed by atoms with van der Waals surface area (Å²) in [4.78, 5) is 12.0. The summed E-state index contributed by atoms with van der Waals surface area (Å²) >= 11 is 0. The van der Waals surface area contributed by atoms with Gasteiger partial charge in [0.05, 0.1) is 6.04 Å². The molecule has 1 aliphatic heterocycles. The molecule has 1 aliphatic carbocycles. The molecule has 0 radical (unpaired) electrons. The van der Waals surface area contributed by atoms with Crippen molar-refractivity contribution in [1.82, 2.24) is 24.8 Å². The van der Waals surface area contributed by atoms with Gasteiger partial charge in [-0.2, -0.15) is 0 Å². The van der Waals surface area contributed by atoms with Crippen LogP contribution in [0.2, 0.25) is 0 Å². The van der Waals surface area contributed by atoms with Crippen LogP contribution in [0.1, 0.15) is 37.7 Å². The van der Waals surface area contributed by atoms with Crippen molar-refractivity contribution in [3.8, 4) is 0 Å². The van der Waals surface area contributed by atoms with Gasteiger partial charge in [0.15, 0.2) is 5.65 Å². The number of rotatable bonds is 3. The molecule has 1 atom stereocenters. The standard InChI is InChI=1S/C15H21N5/c1-11(19-9-7-16-8-10-19)14-18-13-3-2-6-17-15(13)20(14)12-4-5-12/h2-3,6,11-12,16H,4-5,7-10H2,1H3. The molecule has 5 heteroatoms. The first-order valence-electron chi connectivity index (χ1n) is 7.62. The molecular formula is C15H21N5. The first kappa shape index (κ1) is 12.3. The Morgan fingerprint density at radius 3 is 2.85 bits per heavy atom. The van der Waals surface area contributed by atoms with Crippen LogP contribution >= 0.6 is 0 Å². The number of hydrogen-bond donors (Lipinski definition) is 1. The SMILES string of the molecule is CC(c1nc2cccnc2n1C1CC1)N1CCNCC1. The average Bonchev–Trinajstić information content (AvgIpc) is 3.27. The number of fused-ring (bicyclic) bond motifs is 1. The predicted octanol–water partition coefficient (Wildman–Crippen LogP) is 1.73. The Bertz CT molecular complexity index is 610. The highest BCUT2D eigenvalue weighted by Crippen LogP contribution is 2.40. The van der Waals surface area contributed by atoms with Gasteiger partial charge in [0.2, 0.25) is 0 Å². The van der Waals surface area contributed by atoms with Gasteiger partial charge in [-0.3, -0.25) is 4.90 Å². The van der Waals surface area contributed by atoms with E-state index in [1.165, 1.54) is 18.7 Å². The van der Waals surface area contributed by atoms with Crippen LogP contribution in [0, 0.1) is 0 Å². The third-order valence-corrected chi connectivity index (χ3v) is 4.46. The van der Waals surface area contributed by atoms with Crippen molar-refractivity contribution in [2.45, 2.75) is 31.8 Å². The van der Waals surface area contributed by atoms with Crippen molar-refractivity contribution >= 4 is 11.2 Å². The monoisotopic (exact) mass is 271 g/mol. The number of imidazole rings is 1. The van der Waals surface area contributed by atoms with E-state index < -0.39 is 0 Å². The topological polar surface area (TPSA) is 46.0 Å². The molecule has 2 aromatic rings. The molecule has 2 aliphatic rings. The number of nitrogens with one attached hydrogen (secondary N) is 1. The van der Waals surface area contributed by atoms with E-state index in [0.29, 0.717) is 12.1 Å². The summed E-state index contributed by atoms with van der Waals surface area (Å²) in [6.07, 6.45) is 4.41. The normalized spacial score (nSPS) is 22.2. The van der Waals surface area contributed by atoms with E-state index in [4.69, 9.17) is 4.98 Å². The molecule has 2 fully saturated rings. The smallest absolute Gasteiger partial charge is 0.160 e. The molecule has 0 spiro atoms. The van der Waals surface area contributed by atoms with Crippen LogP contribution in [0.15, 0.2) is 18.3 Å². The van der Waals surface area contributed by atoms with E-state index in [0.717, 1.165) is 37.3 Å². The summed E-state index contributed by atoms with van der Waals surface area (Å²) in [5, 5.41) is 3.42. The molecule has 4 rings (SSSR count). The van der Waals surface area contributed by atoms with Gasteiger partial charge in [0.25, 0.3) is 0 Å². The first-order chi connectivity index (χ1) is 9.84. The lowest BCUT2D eigenvalue weighted by Crippen LogP contribution is -2.45. The van der Waals surface area contributed by atoms with Gasteiger partial charge in [-0.15, -0.1) is 0 Å². The maximum atomic E-state index is 4.89. The highest BCUT2D eigenvalue weighted by Gasteiger charge is 2.32. The van der Waals surface area contributed by atoms with Gasteiger partial charge in [0.1, 0.15) is 11.3 Å². The Balaban J connectivity index is 1.76. The summed E-state index contributed by atoms with van der Waals surface area (Å²) in [5.41, 5.74) is 2.10. The van der Waals surface area contributed by atoms with Crippen molar-refractivity contribution < 1.29 is 0 Å². The lowest BCUT2D eigenvalue weighted by Gasteiger charge is -2.32. The zero-order valence-electron chi connectivity index (χ0n) is 11.9. The average molecular weight is 271 g/mol. The second kappa shape index (κ2) is 4.82. The number of hydrogen-bond acceptors (Lipinski definition) is 4. The second-order valence-electron chi connectivity index (χ2n) is 5.88. The van der Waals surface area contributed by atoms with Crippen LogP contribution in [0.3, 0.4) is 0 Å². The van der Waals surface area contributed by atoms with E-state index in [1.807, 2.05) is 12.3 Å². The van der Waals surface area contributed by atoms with Gasteiger partial charge < -0.3 is 9.88 Å². The molecule has 1 unspecified atom stereocenters. The summed E-state index contributed by atoms with van der Waals surface area (Å²) in [7, 11) is 0. The van der Waals surface area contributed by atoms with Crippen LogP contribution in [-0.4, -0.2) is 45.6 Å². The molecule has 2 aromatic heterocycles. The van der Waals surface area contributed by atoms with E-state index in [9.17, 15) is 0 Å². The van der Waals surface area contributed by atoms with Crippen molar-refractivity contribution in [3.63, 3.8) is 0 Å². The number of nitrogens with zero attached hydrogens (tertiary/aromatic N) is 4. The van der Waals surface area contributed by atoms with Gasteiger partial charge >= 0.3 is 0 Å². The molecule has 0 bridgehead atoms. The minimum Gasteiger partial charge on any atom is -0.314 e. The molecule has 20 heavy (non-hydrogen) atoms. The maximum Gasteiger partial charge on any atom is 0.160 e. The summed E-state index contributed by atoms with van der Waals surface area (Å²) in [6.45, 7) is 6.63. The Labute approximate surface area is 119 Å². The summed E-state index contributed by atoms with van der Waals surface area (Å²) in [6, 6.07) is 5.04. The van der Waals surface area contributed by atoms with E-state index >= 15 is 0 Å². The number of pyridine rings is 1. The zero-order chi connectivity index (χ0) is 13.5. The van der Waals surface area contributed by atoms with Gasteiger partial charge in [-0.1, -0.05) is 0 Å². The largest absolute Gasteiger partial charge is 0.314 e. The molecular weight excluding hydrogens is 250 g/mol. The zero-order valence-corrected chi connectivity index (χ0v) is 11.9. The Morgan fingerprint density at radius 1 is 1.30 bits per heavy atom. The Hall–Kier alpha value is -1.46. The van der Waals surface area contributed by atoms with Crippen LogP contribution in [0.4, 0.5) is 0 Å².